The van der Waals surface area contributed by atoms with Crippen LogP contribution >= 0.6 is 23.4 Å². The summed E-state index contributed by atoms with van der Waals surface area (Å²) in [5.41, 5.74) is 1.17. The topological polar surface area (TPSA) is 68.0 Å². The minimum atomic E-state index is -4.55. The van der Waals surface area contributed by atoms with E-state index in [9.17, 15) is 23.1 Å². The van der Waals surface area contributed by atoms with Crippen molar-refractivity contribution in [3.05, 3.63) is 82.5 Å². The largest absolute Gasteiger partial charge is 0.478 e. The maximum atomic E-state index is 12.9. The minimum absolute atomic E-state index is 0.149. The Morgan fingerprint density at radius 2 is 1.84 bits per heavy atom. The van der Waals surface area contributed by atoms with Gasteiger partial charge in [-0.15, -0.1) is 0 Å². The predicted molar refractivity (Wildman–Crippen MR) is 111 cm³/mol. The number of benzene rings is 2. The molecule has 0 aliphatic rings. The second-order valence-corrected chi connectivity index (χ2v) is 7.91. The Hall–Kier alpha value is -3.04. The highest BCUT2D eigenvalue weighted by molar-refractivity contribution is 7.99. The lowest BCUT2D eigenvalue weighted by Gasteiger charge is -2.12. The van der Waals surface area contributed by atoms with Gasteiger partial charge in [0.15, 0.2) is 5.16 Å². The molecule has 2 heterocycles. The van der Waals surface area contributed by atoms with Crippen molar-refractivity contribution in [3.8, 4) is 0 Å². The third-order valence-corrected chi connectivity index (χ3v) is 5.93. The van der Waals surface area contributed by atoms with E-state index in [2.05, 4.69) is 9.97 Å². The number of aromatic nitrogens is 3. The highest BCUT2D eigenvalue weighted by atomic mass is 35.5. The summed E-state index contributed by atoms with van der Waals surface area (Å²) in [6.07, 6.45) is -3.82. The highest BCUT2D eigenvalue weighted by Crippen LogP contribution is 2.37. The number of hydrogen-bond acceptors (Lipinski definition) is 4. The van der Waals surface area contributed by atoms with E-state index in [0.717, 1.165) is 29.5 Å². The molecule has 0 fully saturated rings. The number of para-hydroxylation sites is 2. The minimum Gasteiger partial charge on any atom is -0.478 e. The summed E-state index contributed by atoms with van der Waals surface area (Å²) in [6, 6.07) is 14.7. The molecule has 0 unspecified atom stereocenters. The number of halogens is 4. The van der Waals surface area contributed by atoms with Gasteiger partial charge in [-0.05, 0) is 41.6 Å². The second-order valence-electron chi connectivity index (χ2n) is 6.54. The molecule has 0 aliphatic carbocycles. The van der Waals surface area contributed by atoms with Crippen molar-refractivity contribution in [2.45, 2.75) is 22.9 Å². The molecule has 0 bridgehead atoms. The van der Waals surface area contributed by atoms with Crippen molar-refractivity contribution < 1.29 is 23.1 Å². The summed E-state index contributed by atoms with van der Waals surface area (Å²) in [5, 5.41) is 9.93. The molecule has 158 valence electrons. The van der Waals surface area contributed by atoms with E-state index in [4.69, 9.17) is 11.6 Å². The third-order valence-electron chi connectivity index (χ3n) is 4.52. The zero-order chi connectivity index (χ0) is 22.2. The zero-order valence-corrected chi connectivity index (χ0v) is 17.2. The number of carbonyl (C=O) groups is 1. The molecule has 2 aromatic carbocycles. The van der Waals surface area contributed by atoms with Crippen LogP contribution in [0.25, 0.3) is 11.0 Å². The van der Waals surface area contributed by atoms with Crippen LogP contribution in [0.4, 0.5) is 13.2 Å². The molecule has 2 aromatic heterocycles. The molecular weight excluding hydrogens is 451 g/mol. The average molecular weight is 464 g/mol. The van der Waals surface area contributed by atoms with Crippen molar-refractivity contribution >= 4 is 40.4 Å². The summed E-state index contributed by atoms with van der Waals surface area (Å²) in [4.78, 5) is 20.0. The van der Waals surface area contributed by atoms with Crippen molar-refractivity contribution in [2.24, 2.45) is 0 Å². The van der Waals surface area contributed by atoms with Crippen molar-refractivity contribution in [2.75, 3.05) is 0 Å². The van der Waals surface area contributed by atoms with E-state index in [1.54, 1.807) is 28.8 Å². The fourth-order valence-corrected chi connectivity index (χ4v) is 4.20. The van der Waals surface area contributed by atoms with Crippen LogP contribution in [0.1, 0.15) is 21.5 Å². The molecule has 0 atom stereocenters. The Balaban J connectivity index is 1.77. The molecule has 0 saturated heterocycles. The molecular formula is C21H13ClF3N3O2S. The van der Waals surface area contributed by atoms with Gasteiger partial charge in [0, 0.05) is 6.20 Å². The number of carboxylic acids is 1. The molecule has 10 heteroatoms. The molecule has 0 radical (unpaired) electrons. The average Bonchev–Trinajstić information content (AvgIpc) is 3.06. The quantitative estimate of drug-likeness (QED) is 0.393. The maximum absolute atomic E-state index is 12.9. The van der Waals surface area contributed by atoms with Gasteiger partial charge in [0.1, 0.15) is 5.03 Å². The van der Waals surface area contributed by atoms with Gasteiger partial charge in [0.2, 0.25) is 0 Å². The number of nitrogens with zero attached hydrogens (tertiary/aromatic N) is 3. The van der Waals surface area contributed by atoms with E-state index < -0.39 is 17.7 Å². The second kappa shape index (κ2) is 8.24. The summed E-state index contributed by atoms with van der Waals surface area (Å²) in [7, 11) is 0. The highest BCUT2D eigenvalue weighted by Gasteiger charge is 2.31. The zero-order valence-electron chi connectivity index (χ0n) is 15.6. The number of carboxylic acid groups (broad SMARTS) is 1. The molecule has 0 spiro atoms. The standard InChI is InChI=1S/C21H13ClF3N3O2S/c22-15-9-13(21(23,24)25)10-26-18(15)31-20-27-16-7-3-4-8-17(16)28(20)11-12-5-1-2-6-14(12)19(29)30/h1-10H,11H2,(H,29,30). The van der Waals surface area contributed by atoms with E-state index >= 15 is 0 Å². The van der Waals surface area contributed by atoms with Crippen molar-refractivity contribution in [3.63, 3.8) is 0 Å². The van der Waals surface area contributed by atoms with Crippen LogP contribution in [-0.4, -0.2) is 25.6 Å². The molecule has 0 amide bonds. The smallest absolute Gasteiger partial charge is 0.417 e. The van der Waals surface area contributed by atoms with E-state index in [-0.39, 0.29) is 22.2 Å². The van der Waals surface area contributed by atoms with Gasteiger partial charge in [-0.1, -0.05) is 41.9 Å². The Labute approximate surface area is 183 Å². The van der Waals surface area contributed by atoms with Gasteiger partial charge in [-0.25, -0.2) is 14.8 Å². The lowest BCUT2D eigenvalue weighted by molar-refractivity contribution is -0.137. The van der Waals surface area contributed by atoms with E-state index in [1.807, 2.05) is 18.2 Å². The molecule has 4 aromatic rings. The number of hydrogen-bond donors (Lipinski definition) is 1. The summed E-state index contributed by atoms with van der Waals surface area (Å²) < 4.78 is 40.5. The number of alkyl halides is 3. The normalized spacial score (nSPS) is 11.7. The SMILES string of the molecule is O=C(O)c1ccccc1Cn1c(Sc2ncc(C(F)(F)F)cc2Cl)nc2ccccc21. The fraction of sp³-hybridized carbons (Fsp3) is 0.0952. The predicted octanol–water partition coefficient (Wildman–Crippen LogP) is 6.00. The van der Waals surface area contributed by atoms with Crippen molar-refractivity contribution in [1.29, 1.82) is 0 Å². The number of rotatable bonds is 5. The van der Waals surface area contributed by atoms with Crippen LogP contribution < -0.4 is 0 Å². The number of imidazole rings is 1. The third kappa shape index (κ3) is 4.38. The van der Waals surface area contributed by atoms with Crippen LogP contribution in [-0.2, 0) is 12.7 Å². The number of pyridine rings is 1. The van der Waals surface area contributed by atoms with Gasteiger partial charge in [0.25, 0.3) is 0 Å². The van der Waals surface area contributed by atoms with Crippen molar-refractivity contribution in [1.82, 2.24) is 14.5 Å². The van der Waals surface area contributed by atoms with Crippen LogP contribution in [0.2, 0.25) is 5.02 Å². The van der Waals surface area contributed by atoms with Crippen LogP contribution in [0.3, 0.4) is 0 Å². The van der Waals surface area contributed by atoms with Gasteiger partial charge >= 0.3 is 12.1 Å². The molecule has 1 N–H and O–H groups in total. The summed E-state index contributed by atoms with van der Waals surface area (Å²) >= 11 is 7.08. The summed E-state index contributed by atoms with van der Waals surface area (Å²) in [6.45, 7) is 0.198. The Kier molecular flexibility index (Phi) is 5.63. The van der Waals surface area contributed by atoms with Gasteiger partial charge < -0.3 is 9.67 Å². The van der Waals surface area contributed by atoms with E-state index in [1.165, 1.54) is 6.07 Å². The maximum Gasteiger partial charge on any atom is 0.417 e. The lowest BCUT2D eigenvalue weighted by atomic mass is 10.1. The van der Waals surface area contributed by atoms with E-state index in [0.29, 0.717) is 16.2 Å². The fourth-order valence-electron chi connectivity index (χ4n) is 3.06. The Morgan fingerprint density at radius 1 is 1.13 bits per heavy atom. The van der Waals surface area contributed by atoms with Crippen LogP contribution in [0, 0.1) is 0 Å². The first-order valence-corrected chi connectivity index (χ1v) is 10.1. The Bertz CT molecular complexity index is 1290. The van der Waals surface area contributed by atoms with Gasteiger partial charge in [-0.3, -0.25) is 0 Å². The lowest BCUT2D eigenvalue weighted by Crippen LogP contribution is -2.08. The molecule has 0 saturated carbocycles. The van der Waals surface area contributed by atoms with Gasteiger partial charge in [0.05, 0.1) is 33.7 Å². The molecule has 5 nitrogen and oxygen atoms in total. The number of aromatic carboxylic acids is 1. The molecule has 4 rings (SSSR count). The monoisotopic (exact) mass is 463 g/mol. The molecule has 31 heavy (non-hydrogen) atoms. The first-order chi connectivity index (χ1) is 14.7. The van der Waals surface area contributed by atoms with Crippen LogP contribution in [0.15, 0.2) is 71.0 Å². The number of fused-ring (bicyclic) bond motifs is 1. The van der Waals surface area contributed by atoms with Gasteiger partial charge in [-0.2, -0.15) is 13.2 Å². The first-order valence-electron chi connectivity index (χ1n) is 8.91. The van der Waals surface area contributed by atoms with Crippen LogP contribution in [0.5, 0.6) is 0 Å². The summed E-state index contributed by atoms with van der Waals surface area (Å²) in [5.74, 6) is -1.05. The first kappa shape index (κ1) is 21.2. The Morgan fingerprint density at radius 3 is 2.55 bits per heavy atom. The molecule has 0 aliphatic heterocycles.